The molecule has 0 spiro atoms. The number of carbonyl (C=O) groups is 1. The van der Waals surface area contributed by atoms with Crippen LogP contribution in [0.15, 0.2) is 75.8 Å². The molecule has 0 radical (unpaired) electrons. The van der Waals surface area contributed by atoms with Crippen molar-refractivity contribution in [2.75, 3.05) is 12.4 Å². The molecule has 1 amide bonds. The summed E-state index contributed by atoms with van der Waals surface area (Å²) in [6.45, 7) is 1.62. The highest BCUT2D eigenvalue weighted by Gasteiger charge is 2.22. The van der Waals surface area contributed by atoms with Gasteiger partial charge in [-0.2, -0.15) is 8.42 Å². The summed E-state index contributed by atoms with van der Waals surface area (Å²) in [4.78, 5) is 12.5. The van der Waals surface area contributed by atoms with Crippen LogP contribution in [0.2, 0.25) is 10.0 Å². The number of aromatic hydroxyl groups is 1. The van der Waals surface area contributed by atoms with Gasteiger partial charge in [0.1, 0.15) is 22.0 Å². The third-order valence-corrected chi connectivity index (χ3v) is 7.11. The van der Waals surface area contributed by atoms with E-state index in [1.165, 1.54) is 25.3 Å². The highest BCUT2D eigenvalue weighted by Crippen LogP contribution is 2.42. The first-order valence-electron chi connectivity index (χ1n) is 10.6. The molecule has 3 N–H and O–H groups in total. The van der Waals surface area contributed by atoms with E-state index in [4.69, 9.17) is 27.9 Å². The van der Waals surface area contributed by atoms with Crippen LogP contribution in [0, 0.1) is 6.92 Å². The second-order valence-electron chi connectivity index (χ2n) is 7.86. The Balaban J connectivity index is 1.83. The van der Waals surface area contributed by atoms with Crippen molar-refractivity contribution in [3.05, 3.63) is 81.8 Å². The molecular formula is C25H19Cl2N3O6S. The summed E-state index contributed by atoms with van der Waals surface area (Å²) in [5.74, 6) is -0.736. The molecule has 0 bridgehead atoms. The summed E-state index contributed by atoms with van der Waals surface area (Å²) in [7, 11) is -3.22. The highest BCUT2D eigenvalue weighted by molar-refractivity contribution is 7.86. The van der Waals surface area contributed by atoms with E-state index in [9.17, 15) is 22.9 Å². The molecule has 190 valence electrons. The molecule has 0 unspecified atom stereocenters. The smallest absolute Gasteiger partial charge is 0.296 e. The molecule has 0 fully saturated rings. The molecule has 12 heteroatoms. The third-order valence-electron chi connectivity index (χ3n) is 5.45. The molecule has 0 saturated heterocycles. The number of ether oxygens (including phenoxy) is 1. The van der Waals surface area contributed by atoms with Crippen molar-refractivity contribution >= 4 is 67.1 Å². The van der Waals surface area contributed by atoms with Gasteiger partial charge >= 0.3 is 0 Å². The Morgan fingerprint density at radius 1 is 1.00 bits per heavy atom. The van der Waals surface area contributed by atoms with Crippen LogP contribution in [0.1, 0.15) is 15.9 Å². The summed E-state index contributed by atoms with van der Waals surface area (Å²) in [6.07, 6.45) is 0. The lowest BCUT2D eigenvalue weighted by Crippen LogP contribution is -2.12. The summed E-state index contributed by atoms with van der Waals surface area (Å²) >= 11 is 12.4. The Hall–Kier alpha value is -3.70. The number of hydrogen-bond acceptors (Lipinski definition) is 7. The lowest BCUT2D eigenvalue weighted by molar-refractivity contribution is 0.102. The molecule has 0 aliphatic heterocycles. The molecule has 0 heterocycles. The van der Waals surface area contributed by atoms with Crippen LogP contribution in [0.4, 0.5) is 17.1 Å². The number of aryl methyl sites for hydroxylation is 1. The van der Waals surface area contributed by atoms with Crippen molar-refractivity contribution < 1.29 is 27.6 Å². The average molecular weight is 560 g/mol. The van der Waals surface area contributed by atoms with Crippen LogP contribution >= 0.6 is 23.2 Å². The van der Waals surface area contributed by atoms with E-state index in [1.807, 2.05) is 0 Å². The number of azo groups is 1. The number of nitrogens with one attached hydrogen (secondary N) is 1. The lowest BCUT2D eigenvalue weighted by Gasteiger charge is -2.12. The molecule has 0 aromatic heterocycles. The predicted octanol–water partition coefficient (Wildman–Crippen LogP) is 7.08. The Morgan fingerprint density at radius 2 is 1.70 bits per heavy atom. The van der Waals surface area contributed by atoms with E-state index in [1.54, 1.807) is 43.3 Å². The minimum atomic E-state index is -4.68. The van der Waals surface area contributed by atoms with Gasteiger partial charge < -0.3 is 15.2 Å². The Labute approximate surface area is 222 Å². The van der Waals surface area contributed by atoms with Gasteiger partial charge in [-0.25, -0.2) is 0 Å². The van der Waals surface area contributed by atoms with Crippen LogP contribution in [0.5, 0.6) is 11.5 Å². The van der Waals surface area contributed by atoms with E-state index < -0.39 is 26.7 Å². The summed E-state index contributed by atoms with van der Waals surface area (Å²) in [5, 5.41) is 22.9. The van der Waals surface area contributed by atoms with Crippen LogP contribution in [0.3, 0.4) is 0 Å². The average Bonchev–Trinajstić information content (AvgIpc) is 2.84. The molecule has 37 heavy (non-hydrogen) atoms. The van der Waals surface area contributed by atoms with E-state index in [-0.39, 0.29) is 27.0 Å². The number of anilines is 1. The number of rotatable bonds is 6. The second-order valence-corrected chi connectivity index (χ2v) is 10.0. The number of amides is 1. The zero-order valence-electron chi connectivity index (χ0n) is 19.4. The van der Waals surface area contributed by atoms with Gasteiger partial charge in [0.05, 0.1) is 22.7 Å². The van der Waals surface area contributed by atoms with E-state index in [0.717, 1.165) is 6.07 Å². The lowest BCUT2D eigenvalue weighted by atomic mass is 10.0. The Kier molecular flexibility index (Phi) is 7.37. The molecule has 4 rings (SSSR count). The standard InChI is InChI=1S/C25H19Cl2N3O6S/c1-13-7-10-20(37(33,34)35)23(21(13)27)30-29-22-16-6-4-3-5-14(16)11-17(24(22)31)25(32)28-15-8-9-19(36-2)18(26)12-15/h3-12,31H,1-2H3,(H,28,32)(H,33,34,35). The monoisotopic (exact) mass is 559 g/mol. The van der Waals surface area contributed by atoms with Crippen molar-refractivity contribution in [3.8, 4) is 11.5 Å². The fourth-order valence-corrected chi connectivity index (χ4v) is 4.73. The zero-order valence-corrected chi connectivity index (χ0v) is 21.7. The molecule has 0 atom stereocenters. The van der Waals surface area contributed by atoms with E-state index in [0.29, 0.717) is 27.8 Å². The topological polar surface area (TPSA) is 138 Å². The van der Waals surface area contributed by atoms with Crippen molar-refractivity contribution in [1.29, 1.82) is 0 Å². The number of fused-ring (bicyclic) bond motifs is 1. The number of nitrogens with zero attached hydrogens (tertiary/aromatic N) is 2. The molecule has 4 aromatic carbocycles. The van der Waals surface area contributed by atoms with Gasteiger partial charge in [0.15, 0.2) is 5.75 Å². The van der Waals surface area contributed by atoms with Crippen LogP contribution in [-0.4, -0.2) is 31.1 Å². The summed E-state index contributed by atoms with van der Waals surface area (Å²) in [6, 6.07) is 15.5. The van der Waals surface area contributed by atoms with Gasteiger partial charge in [0.25, 0.3) is 16.0 Å². The van der Waals surface area contributed by atoms with Gasteiger partial charge in [0, 0.05) is 11.1 Å². The van der Waals surface area contributed by atoms with Gasteiger partial charge in [0.2, 0.25) is 0 Å². The maximum Gasteiger partial charge on any atom is 0.296 e. The van der Waals surface area contributed by atoms with Crippen molar-refractivity contribution in [1.82, 2.24) is 0 Å². The first-order chi connectivity index (χ1) is 17.5. The molecule has 0 saturated carbocycles. The Bertz CT molecular complexity index is 1690. The number of hydrogen-bond donors (Lipinski definition) is 3. The van der Waals surface area contributed by atoms with Crippen molar-refractivity contribution in [2.45, 2.75) is 11.8 Å². The largest absolute Gasteiger partial charge is 0.505 e. The van der Waals surface area contributed by atoms with Gasteiger partial charge in [-0.1, -0.05) is 53.5 Å². The fraction of sp³-hybridized carbons (Fsp3) is 0.0800. The SMILES string of the molecule is COc1ccc(NC(=O)c2cc3ccccc3c(N=Nc3c(S(=O)(=O)O)ccc(C)c3Cl)c2O)cc1Cl. The zero-order chi connectivity index (χ0) is 26.9. The van der Waals surface area contributed by atoms with Gasteiger partial charge in [-0.15, -0.1) is 10.2 Å². The summed E-state index contributed by atoms with van der Waals surface area (Å²) < 4.78 is 38.5. The molecular weight excluding hydrogens is 541 g/mol. The summed E-state index contributed by atoms with van der Waals surface area (Å²) in [5.41, 5.74) is 0.314. The number of phenolic OH excluding ortho intramolecular Hbond substituents is 1. The first-order valence-corrected chi connectivity index (χ1v) is 12.8. The van der Waals surface area contributed by atoms with Gasteiger partial charge in [-0.05, 0) is 48.2 Å². The minimum absolute atomic E-state index is 0.0482. The van der Waals surface area contributed by atoms with E-state index in [2.05, 4.69) is 15.5 Å². The van der Waals surface area contributed by atoms with Crippen LogP contribution < -0.4 is 10.1 Å². The van der Waals surface area contributed by atoms with Crippen molar-refractivity contribution in [3.63, 3.8) is 0 Å². The number of phenols is 1. The highest BCUT2D eigenvalue weighted by atomic mass is 35.5. The predicted molar refractivity (Wildman–Crippen MR) is 142 cm³/mol. The normalized spacial score (nSPS) is 11.7. The van der Waals surface area contributed by atoms with Crippen molar-refractivity contribution in [2.24, 2.45) is 10.2 Å². The number of methoxy groups -OCH3 is 1. The Morgan fingerprint density at radius 3 is 2.38 bits per heavy atom. The second kappa shape index (κ2) is 10.3. The maximum atomic E-state index is 13.1. The van der Waals surface area contributed by atoms with E-state index >= 15 is 0 Å². The van der Waals surface area contributed by atoms with Crippen LogP contribution in [-0.2, 0) is 10.1 Å². The molecule has 4 aromatic rings. The number of benzene rings is 4. The minimum Gasteiger partial charge on any atom is -0.505 e. The fourth-order valence-electron chi connectivity index (χ4n) is 3.58. The molecule has 9 nitrogen and oxygen atoms in total. The first kappa shape index (κ1) is 26.4. The number of carbonyl (C=O) groups excluding carboxylic acids is 1. The third kappa shape index (κ3) is 5.37. The number of halogens is 2. The molecule has 0 aliphatic carbocycles. The van der Waals surface area contributed by atoms with Crippen LogP contribution in [0.25, 0.3) is 10.8 Å². The quantitative estimate of drug-likeness (QED) is 0.170. The maximum absolute atomic E-state index is 13.1. The van der Waals surface area contributed by atoms with Gasteiger partial charge in [-0.3, -0.25) is 9.35 Å². The molecule has 0 aliphatic rings.